The Labute approximate surface area is 189 Å². The Morgan fingerprint density at radius 2 is 1.91 bits per heavy atom. The van der Waals surface area contributed by atoms with Gasteiger partial charge in [0.2, 0.25) is 0 Å². The lowest BCUT2D eigenvalue weighted by Crippen LogP contribution is -2.42. The molecule has 0 saturated heterocycles. The Morgan fingerprint density at radius 3 is 2.55 bits per heavy atom. The molecule has 0 radical (unpaired) electrons. The summed E-state index contributed by atoms with van der Waals surface area (Å²) in [6.45, 7) is 1.77. The number of pyridine rings is 1. The molecule has 5 rings (SSSR count). The van der Waals surface area contributed by atoms with E-state index >= 15 is 4.39 Å². The number of hydrogen-bond acceptors (Lipinski definition) is 6. The number of rotatable bonds is 4. The molecule has 7 nitrogen and oxygen atoms in total. The van der Waals surface area contributed by atoms with Crippen molar-refractivity contribution in [3.63, 3.8) is 0 Å². The quantitative estimate of drug-likeness (QED) is 0.482. The summed E-state index contributed by atoms with van der Waals surface area (Å²) in [4.78, 5) is 4.57. The highest BCUT2D eigenvalue weighted by atomic mass is 19.1. The number of nitrogens with two attached hydrogens (primary N) is 1. The first-order valence-electron chi connectivity index (χ1n) is 10.6. The highest BCUT2D eigenvalue weighted by molar-refractivity contribution is 5.92. The van der Waals surface area contributed by atoms with Crippen molar-refractivity contribution in [3.05, 3.63) is 59.9 Å². The van der Waals surface area contributed by atoms with E-state index < -0.39 is 11.4 Å². The topological polar surface area (TPSA) is 110 Å². The minimum absolute atomic E-state index is 0.0710. The number of nitrogens with zero attached hydrogens (tertiary/aromatic N) is 4. The first-order chi connectivity index (χ1) is 15.8. The van der Waals surface area contributed by atoms with Gasteiger partial charge in [-0.15, -0.1) is 0 Å². The molecule has 1 saturated carbocycles. The highest BCUT2D eigenvalue weighted by Gasteiger charge is 2.41. The second kappa shape index (κ2) is 7.57. The van der Waals surface area contributed by atoms with Crippen LogP contribution in [0.1, 0.15) is 31.4 Å². The Morgan fingerprint density at radius 1 is 1.18 bits per heavy atom. The van der Waals surface area contributed by atoms with E-state index in [1.807, 2.05) is 18.2 Å². The maximum absolute atomic E-state index is 15.2. The van der Waals surface area contributed by atoms with Crippen molar-refractivity contribution in [2.75, 3.05) is 12.8 Å². The molecule has 2 aromatic carbocycles. The number of benzene rings is 2. The van der Waals surface area contributed by atoms with Gasteiger partial charge in [0.25, 0.3) is 0 Å². The van der Waals surface area contributed by atoms with E-state index in [1.54, 1.807) is 41.9 Å². The lowest BCUT2D eigenvalue weighted by atomic mass is 9.77. The fourth-order valence-electron chi connectivity index (χ4n) is 4.51. The van der Waals surface area contributed by atoms with Crippen molar-refractivity contribution in [3.8, 4) is 34.3 Å². The van der Waals surface area contributed by atoms with Crippen LogP contribution >= 0.6 is 0 Å². The standard InChI is InChI=1S/C25H22FN5O2/c1-25(32)11-16(12-25)31-24(28)18(13-27)21(30-31)15-8-9-17-19(10-15)29-22(20(26)23(17)33-2)14-6-4-3-5-7-14/h3-10,16,32H,11-12,28H2,1-2H3. The largest absolute Gasteiger partial charge is 0.493 e. The SMILES string of the molecule is COc1c(F)c(-c2ccccc2)nc2cc(-c3nn(C4CC(C)(O)C4)c(N)c3C#N)ccc12. The van der Waals surface area contributed by atoms with Crippen LogP contribution in [0.2, 0.25) is 0 Å². The zero-order chi connectivity index (χ0) is 23.3. The van der Waals surface area contributed by atoms with Crippen molar-refractivity contribution in [1.82, 2.24) is 14.8 Å². The number of hydrogen-bond donors (Lipinski definition) is 2. The number of fused-ring (bicyclic) bond motifs is 1. The van der Waals surface area contributed by atoms with E-state index in [1.165, 1.54) is 7.11 Å². The summed E-state index contributed by atoms with van der Waals surface area (Å²) in [7, 11) is 1.42. The average molecular weight is 443 g/mol. The first kappa shape index (κ1) is 20.9. The fraction of sp³-hybridized carbons (Fsp3) is 0.240. The van der Waals surface area contributed by atoms with Crippen LogP contribution in [-0.4, -0.2) is 32.6 Å². The molecule has 3 N–H and O–H groups in total. The van der Waals surface area contributed by atoms with Crippen LogP contribution in [0.4, 0.5) is 10.2 Å². The molecule has 0 amide bonds. The van der Waals surface area contributed by atoms with Gasteiger partial charge in [-0.2, -0.15) is 10.4 Å². The molecular weight excluding hydrogens is 421 g/mol. The minimum Gasteiger partial charge on any atom is -0.493 e. The van der Waals surface area contributed by atoms with Crippen LogP contribution in [0, 0.1) is 17.1 Å². The number of halogens is 1. The molecule has 0 bridgehead atoms. The normalized spacial score (nSPS) is 19.8. The monoisotopic (exact) mass is 443 g/mol. The smallest absolute Gasteiger partial charge is 0.191 e. The van der Waals surface area contributed by atoms with Gasteiger partial charge in [-0.1, -0.05) is 36.4 Å². The Balaban J connectivity index is 1.66. The van der Waals surface area contributed by atoms with E-state index in [0.717, 1.165) is 0 Å². The van der Waals surface area contributed by atoms with Gasteiger partial charge < -0.3 is 15.6 Å². The van der Waals surface area contributed by atoms with Gasteiger partial charge in [-0.25, -0.2) is 14.1 Å². The molecule has 33 heavy (non-hydrogen) atoms. The molecule has 0 unspecified atom stereocenters. The minimum atomic E-state index is -0.753. The van der Waals surface area contributed by atoms with Crippen LogP contribution in [0.15, 0.2) is 48.5 Å². The van der Waals surface area contributed by atoms with E-state index in [9.17, 15) is 10.4 Å². The Hall–Kier alpha value is -3.96. The van der Waals surface area contributed by atoms with Gasteiger partial charge in [0, 0.05) is 16.5 Å². The first-order valence-corrected chi connectivity index (χ1v) is 10.6. The lowest BCUT2D eigenvalue weighted by molar-refractivity contribution is -0.0535. The fourth-order valence-corrected chi connectivity index (χ4v) is 4.51. The third-order valence-corrected chi connectivity index (χ3v) is 6.16. The molecule has 1 aliphatic carbocycles. The predicted molar refractivity (Wildman–Crippen MR) is 123 cm³/mol. The van der Waals surface area contributed by atoms with Crippen molar-refractivity contribution in [2.45, 2.75) is 31.4 Å². The van der Waals surface area contributed by atoms with Crippen LogP contribution in [0.3, 0.4) is 0 Å². The van der Waals surface area contributed by atoms with Gasteiger partial charge >= 0.3 is 0 Å². The van der Waals surface area contributed by atoms with Gasteiger partial charge in [-0.3, -0.25) is 0 Å². The summed E-state index contributed by atoms with van der Waals surface area (Å²) < 4.78 is 22.2. The molecule has 0 spiro atoms. The van der Waals surface area contributed by atoms with Crippen LogP contribution < -0.4 is 10.5 Å². The highest BCUT2D eigenvalue weighted by Crippen LogP contribution is 2.43. The molecule has 166 valence electrons. The summed E-state index contributed by atoms with van der Waals surface area (Å²) >= 11 is 0. The predicted octanol–water partition coefficient (Wildman–Crippen LogP) is 4.45. The molecule has 2 heterocycles. The molecule has 2 aromatic heterocycles. The van der Waals surface area contributed by atoms with Crippen molar-refractivity contribution >= 4 is 16.7 Å². The summed E-state index contributed by atoms with van der Waals surface area (Å²) in [5, 5.41) is 25.0. The lowest BCUT2D eigenvalue weighted by Gasteiger charge is -2.41. The number of aromatic nitrogens is 3. The third kappa shape index (κ3) is 3.38. The number of aliphatic hydroxyl groups is 1. The zero-order valence-electron chi connectivity index (χ0n) is 18.2. The third-order valence-electron chi connectivity index (χ3n) is 6.16. The van der Waals surface area contributed by atoms with Gasteiger partial charge in [0.05, 0.1) is 24.3 Å². The molecular formula is C25H22FN5O2. The number of ether oxygens (including phenoxy) is 1. The van der Waals surface area contributed by atoms with Crippen molar-refractivity contribution in [1.29, 1.82) is 5.26 Å². The molecule has 1 fully saturated rings. The zero-order valence-corrected chi connectivity index (χ0v) is 18.2. The second-order valence-corrected chi connectivity index (χ2v) is 8.63. The van der Waals surface area contributed by atoms with E-state index in [0.29, 0.717) is 40.6 Å². The Kier molecular flexibility index (Phi) is 4.80. The van der Waals surface area contributed by atoms with Crippen LogP contribution in [0.5, 0.6) is 5.75 Å². The number of anilines is 1. The van der Waals surface area contributed by atoms with E-state index in [-0.39, 0.29) is 28.9 Å². The number of methoxy groups -OCH3 is 1. The van der Waals surface area contributed by atoms with Gasteiger partial charge in [0.1, 0.15) is 28.8 Å². The summed E-state index contributed by atoms with van der Waals surface area (Å²) in [6, 6.07) is 16.3. The van der Waals surface area contributed by atoms with Crippen molar-refractivity contribution < 1.29 is 14.2 Å². The maximum atomic E-state index is 15.2. The average Bonchev–Trinajstić information content (AvgIpc) is 3.13. The van der Waals surface area contributed by atoms with E-state index in [4.69, 9.17) is 10.5 Å². The number of nitrogen functional groups attached to an aromatic ring is 1. The van der Waals surface area contributed by atoms with Crippen LogP contribution in [0.25, 0.3) is 33.4 Å². The summed E-state index contributed by atoms with van der Waals surface area (Å²) in [6.07, 6.45) is 1.03. The molecule has 0 aliphatic heterocycles. The van der Waals surface area contributed by atoms with E-state index in [2.05, 4.69) is 16.2 Å². The molecule has 4 aromatic rings. The maximum Gasteiger partial charge on any atom is 0.191 e. The molecule has 8 heteroatoms. The summed E-state index contributed by atoms with van der Waals surface area (Å²) in [5.41, 5.74) is 8.13. The Bertz CT molecular complexity index is 1410. The van der Waals surface area contributed by atoms with Crippen LogP contribution in [-0.2, 0) is 0 Å². The van der Waals surface area contributed by atoms with Gasteiger partial charge in [-0.05, 0) is 31.9 Å². The molecule has 1 aliphatic rings. The van der Waals surface area contributed by atoms with Crippen molar-refractivity contribution in [2.24, 2.45) is 0 Å². The van der Waals surface area contributed by atoms with Gasteiger partial charge in [0.15, 0.2) is 11.6 Å². The molecule has 0 atom stereocenters. The second-order valence-electron chi connectivity index (χ2n) is 8.63. The number of nitriles is 1. The summed E-state index contributed by atoms with van der Waals surface area (Å²) in [5.74, 6) is -0.164.